The Hall–Kier alpha value is -3.27. The van der Waals surface area contributed by atoms with Crippen LogP contribution in [-0.2, 0) is 11.2 Å². The number of hydrogen-bond donors (Lipinski definition) is 1. The molecule has 1 atom stereocenters. The van der Waals surface area contributed by atoms with Gasteiger partial charge in [-0.1, -0.05) is 42.0 Å². The molecule has 1 aliphatic heterocycles. The molecule has 1 heterocycles. The van der Waals surface area contributed by atoms with E-state index in [1.807, 2.05) is 24.3 Å². The number of carbonyl (C=O) groups excluding carboxylic acids is 1. The fraction of sp³-hybridized carbons (Fsp3) is 0.345. The highest BCUT2D eigenvalue weighted by molar-refractivity contribution is 5.94. The number of hydrogen-bond acceptors (Lipinski definition) is 3. The molecule has 0 saturated heterocycles. The Morgan fingerprint density at radius 1 is 0.939 bits per heavy atom. The molecule has 4 nitrogen and oxygen atoms in total. The van der Waals surface area contributed by atoms with E-state index in [0.29, 0.717) is 6.42 Å². The molecule has 0 fully saturated rings. The fourth-order valence-electron chi connectivity index (χ4n) is 4.92. The number of carbonyl (C=O) groups is 1. The van der Waals surface area contributed by atoms with Gasteiger partial charge in [-0.05, 0) is 81.5 Å². The van der Waals surface area contributed by atoms with Crippen LogP contribution in [0.4, 0.5) is 5.69 Å². The number of benzene rings is 3. The summed E-state index contributed by atoms with van der Waals surface area (Å²) in [6, 6.07) is 16.3. The molecule has 0 radical (unpaired) electrons. The van der Waals surface area contributed by atoms with E-state index < -0.39 is 0 Å². The Morgan fingerprint density at radius 3 is 2.18 bits per heavy atom. The molecule has 1 N–H and O–H groups in total. The molecule has 0 spiro atoms. The number of anilines is 1. The Kier molecular flexibility index (Phi) is 5.96. The zero-order valence-corrected chi connectivity index (χ0v) is 20.6. The monoisotopic (exact) mass is 443 g/mol. The Labute approximate surface area is 196 Å². The lowest BCUT2D eigenvalue weighted by molar-refractivity contribution is -0.115. The maximum atomic E-state index is 13.0. The largest absolute Gasteiger partial charge is 0.497 e. The molecular weight excluding hydrogens is 410 g/mol. The molecule has 172 valence electrons. The molecule has 0 aromatic heterocycles. The summed E-state index contributed by atoms with van der Waals surface area (Å²) in [6.07, 6.45) is 0.308. The van der Waals surface area contributed by atoms with Crippen molar-refractivity contribution in [3.8, 4) is 11.5 Å². The molecule has 3 aromatic carbocycles. The van der Waals surface area contributed by atoms with Gasteiger partial charge in [-0.25, -0.2) is 0 Å². The highest BCUT2D eigenvalue weighted by Gasteiger charge is 2.44. The quantitative estimate of drug-likeness (QED) is 0.495. The minimum atomic E-state index is -0.384. The topological polar surface area (TPSA) is 47.6 Å². The second-order valence-electron chi connectivity index (χ2n) is 9.62. The molecule has 4 heteroatoms. The molecule has 1 aliphatic rings. The smallest absolute Gasteiger partial charge is 0.228 e. The minimum absolute atomic E-state index is 0.0317. The van der Waals surface area contributed by atoms with E-state index in [0.717, 1.165) is 39.4 Å². The van der Waals surface area contributed by atoms with Gasteiger partial charge in [-0.2, -0.15) is 0 Å². The molecule has 3 aromatic rings. The summed E-state index contributed by atoms with van der Waals surface area (Å²) < 4.78 is 11.8. The van der Waals surface area contributed by atoms with E-state index >= 15 is 0 Å². The van der Waals surface area contributed by atoms with Crippen LogP contribution in [0, 0.1) is 27.7 Å². The zero-order valence-electron chi connectivity index (χ0n) is 20.6. The van der Waals surface area contributed by atoms with Crippen molar-refractivity contribution in [2.24, 2.45) is 0 Å². The van der Waals surface area contributed by atoms with Crippen LogP contribution >= 0.6 is 0 Å². The van der Waals surface area contributed by atoms with Crippen molar-refractivity contribution in [2.75, 3.05) is 12.4 Å². The first-order valence-corrected chi connectivity index (χ1v) is 11.4. The Balaban J connectivity index is 1.71. The molecule has 1 amide bonds. The van der Waals surface area contributed by atoms with Crippen molar-refractivity contribution in [1.82, 2.24) is 0 Å². The van der Waals surface area contributed by atoms with Crippen LogP contribution in [0.25, 0.3) is 0 Å². The zero-order chi connectivity index (χ0) is 23.9. The van der Waals surface area contributed by atoms with Gasteiger partial charge >= 0.3 is 0 Å². The van der Waals surface area contributed by atoms with Crippen LogP contribution in [0.5, 0.6) is 11.5 Å². The van der Waals surface area contributed by atoms with Crippen molar-refractivity contribution in [2.45, 2.75) is 59.5 Å². The number of amides is 1. The number of aryl methyl sites for hydroxylation is 1. The van der Waals surface area contributed by atoms with Crippen molar-refractivity contribution < 1.29 is 14.3 Å². The lowest BCUT2D eigenvalue weighted by atomic mass is 9.78. The van der Waals surface area contributed by atoms with E-state index in [1.54, 1.807) is 7.11 Å². The standard InChI is InChI=1S/C29H33NO3/c1-17-8-12-22(13-9-17)26-25-20(4)27(18(2)19(3)28(25)33-29(26,5)6)30-24(31)16-21-10-14-23(32-7)15-11-21/h8-15,26H,16H2,1-7H3,(H,30,31)/t26-/m1/s1. The van der Waals surface area contributed by atoms with Gasteiger partial charge < -0.3 is 14.8 Å². The SMILES string of the molecule is COc1ccc(CC(=O)Nc2c(C)c(C)c3c(c2C)[C@@H](c2ccc(C)cc2)C(C)(C)O3)cc1. The third kappa shape index (κ3) is 4.22. The van der Waals surface area contributed by atoms with Crippen LogP contribution in [0.15, 0.2) is 48.5 Å². The van der Waals surface area contributed by atoms with Crippen LogP contribution in [0.1, 0.15) is 58.7 Å². The van der Waals surface area contributed by atoms with Crippen LogP contribution in [0.2, 0.25) is 0 Å². The first-order valence-electron chi connectivity index (χ1n) is 11.4. The van der Waals surface area contributed by atoms with E-state index in [-0.39, 0.29) is 17.4 Å². The van der Waals surface area contributed by atoms with Crippen LogP contribution < -0.4 is 14.8 Å². The Bertz CT molecular complexity index is 1190. The van der Waals surface area contributed by atoms with E-state index in [1.165, 1.54) is 16.7 Å². The molecule has 0 bridgehead atoms. The van der Waals surface area contributed by atoms with Crippen molar-refractivity contribution in [1.29, 1.82) is 0 Å². The number of rotatable bonds is 5. The van der Waals surface area contributed by atoms with Gasteiger partial charge in [0.1, 0.15) is 17.1 Å². The lowest BCUT2D eigenvalue weighted by Gasteiger charge is -2.27. The molecule has 0 saturated carbocycles. The van der Waals surface area contributed by atoms with Gasteiger partial charge in [0.25, 0.3) is 0 Å². The first-order chi connectivity index (χ1) is 15.6. The summed E-state index contributed by atoms with van der Waals surface area (Å²) >= 11 is 0. The van der Waals surface area contributed by atoms with E-state index in [9.17, 15) is 4.79 Å². The molecule has 4 rings (SSSR count). The summed E-state index contributed by atoms with van der Waals surface area (Å²) in [5, 5.41) is 3.21. The molecule has 33 heavy (non-hydrogen) atoms. The average Bonchev–Trinajstić information content (AvgIpc) is 3.07. The summed E-state index contributed by atoms with van der Waals surface area (Å²) in [4.78, 5) is 13.0. The predicted molar refractivity (Wildman–Crippen MR) is 134 cm³/mol. The van der Waals surface area contributed by atoms with Crippen molar-refractivity contribution >= 4 is 11.6 Å². The van der Waals surface area contributed by atoms with Gasteiger partial charge in [0, 0.05) is 11.3 Å². The Morgan fingerprint density at radius 2 is 1.58 bits per heavy atom. The van der Waals surface area contributed by atoms with Crippen LogP contribution in [-0.4, -0.2) is 18.6 Å². The third-order valence-corrected chi connectivity index (χ3v) is 6.85. The number of nitrogens with one attached hydrogen (secondary N) is 1. The second kappa shape index (κ2) is 8.58. The lowest BCUT2D eigenvalue weighted by Crippen LogP contribution is -2.31. The first kappa shape index (κ1) is 22.9. The summed E-state index contributed by atoms with van der Waals surface area (Å²) in [7, 11) is 1.64. The van der Waals surface area contributed by atoms with Crippen molar-refractivity contribution in [3.05, 3.63) is 87.5 Å². The maximum Gasteiger partial charge on any atom is 0.228 e. The van der Waals surface area contributed by atoms with Crippen molar-refractivity contribution in [3.63, 3.8) is 0 Å². The highest BCUT2D eigenvalue weighted by Crippen LogP contribution is 2.53. The number of fused-ring (bicyclic) bond motifs is 1. The summed E-state index contributed by atoms with van der Waals surface area (Å²) in [6.45, 7) is 12.6. The number of methoxy groups -OCH3 is 1. The third-order valence-electron chi connectivity index (χ3n) is 6.85. The molecule has 0 unspecified atom stereocenters. The molecule has 0 aliphatic carbocycles. The summed E-state index contributed by atoms with van der Waals surface area (Å²) in [5.74, 6) is 1.79. The number of ether oxygens (including phenoxy) is 2. The van der Waals surface area contributed by atoms with Gasteiger partial charge in [0.2, 0.25) is 5.91 Å². The van der Waals surface area contributed by atoms with Gasteiger partial charge in [0.05, 0.1) is 19.4 Å². The molecular formula is C29H33NO3. The van der Waals surface area contributed by atoms with E-state index in [4.69, 9.17) is 9.47 Å². The average molecular weight is 444 g/mol. The second-order valence-corrected chi connectivity index (χ2v) is 9.62. The van der Waals surface area contributed by atoms with E-state index in [2.05, 4.69) is 71.1 Å². The minimum Gasteiger partial charge on any atom is -0.497 e. The van der Waals surface area contributed by atoms with Gasteiger partial charge in [-0.3, -0.25) is 4.79 Å². The highest BCUT2D eigenvalue weighted by atomic mass is 16.5. The maximum absolute atomic E-state index is 13.0. The predicted octanol–water partition coefficient (Wildman–Crippen LogP) is 6.41. The normalized spacial score (nSPS) is 16.2. The van der Waals surface area contributed by atoms with Crippen LogP contribution in [0.3, 0.4) is 0 Å². The summed E-state index contributed by atoms with van der Waals surface area (Å²) in [5.41, 5.74) is 8.30. The fourth-order valence-corrected chi connectivity index (χ4v) is 4.92. The van der Waals surface area contributed by atoms with Gasteiger partial charge in [-0.15, -0.1) is 0 Å². The van der Waals surface area contributed by atoms with Gasteiger partial charge in [0.15, 0.2) is 0 Å².